The first-order valence-corrected chi connectivity index (χ1v) is 12.8. The highest BCUT2D eigenvalue weighted by molar-refractivity contribution is 5.97. The van der Waals surface area contributed by atoms with Gasteiger partial charge in [0.1, 0.15) is 11.8 Å². The lowest BCUT2D eigenvalue weighted by Gasteiger charge is -2.41. The smallest absolute Gasteiger partial charge is 0.310 e. The number of nitrogens with one attached hydrogen (secondary N) is 2. The van der Waals surface area contributed by atoms with Crippen LogP contribution in [-0.4, -0.2) is 67.1 Å². The van der Waals surface area contributed by atoms with Gasteiger partial charge >= 0.3 is 5.97 Å². The van der Waals surface area contributed by atoms with Gasteiger partial charge in [-0.25, -0.2) is 0 Å². The fourth-order valence-corrected chi connectivity index (χ4v) is 5.46. The molecule has 0 bridgehead atoms. The Kier molecular flexibility index (Phi) is 7.92. The van der Waals surface area contributed by atoms with Crippen molar-refractivity contribution in [1.82, 2.24) is 15.5 Å². The van der Waals surface area contributed by atoms with Gasteiger partial charge < -0.3 is 29.4 Å². The number of carbonyl (C=O) groups is 3. The zero-order chi connectivity index (χ0) is 26.7. The van der Waals surface area contributed by atoms with E-state index in [1.54, 1.807) is 18.1 Å². The van der Waals surface area contributed by atoms with Gasteiger partial charge in [0.15, 0.2) is 5.76 Å². The Bertz CT molecular complexity index is 1120. The highest BCUT2D eigenvalue weighted by Gasteiger charge is 2.45. The molecule has 1 aliphatic heterocycles. The summed E-state index contributed by atoms with van der Waals surface area (Å²) in [6.45, 7) is 6.78. The minimum atomic E-state index is -0.661. The number of nitrogens with zero attached hydrogens (tertiary/aromatic N) is 1. The SMILES string of the molecule is COC(=O)C1CC(NC(C)(C)C)CCC1N1CC[C@H](NC(=O)c2cc(-c3ccc(OC)cc3)co2)C1=O. The van der Waals surface area contributed by atoms with Crippen LogP contribution in [0, 0.1) is 5.92 Å². The van der Waals surface area contributed by atoms with Crippen molar-refractivity contribution in [2.24, 2.45) is 5.92 Å². The predicted octanol–water partition coefficient (Wildman–Crippen LogP) is 3.38. The fraction of sp³-hybridized carbons (Fsp3) is 0.536. The van der Waals surface area contributed by atoms with Crippen molar-refractivity contribution in [1.29, 1.82) is 0 Å². The molecule has 1 saturated heterocycles. The first-order valence-electron chi connectivity index (χ1n) is 12.8. The van der Waals surface area contributed by atoms with Crippen molar-refractivity contribution in [3.05, 3.63) is 42.4 Å². The van der Waals surface area contributed by atoms with Gasteiger partial charge in [-0.3, -0.25) is 14.4 Å². The van der Waals surface area contributed by atoms with Crippen LogP contribution in [0.25, 0.3) is 11.1 Å². The van der Waals surface area contributed by atoms with Gasteiger partial charge in [-0.1, -0.05) is 12.1 Å². The van der Waals surface area contributed by atoms with Gasteiger partial charge in [0.05, 0.1) is 26.4 Å². The number of hydrogen-bond acceptors (Lipinski definition) is 7. The van der Waals surface area contributed by atoms with Crippen molar-refractivity contribution >= 4 is 17.8 Å². The molecular formula is C28H37N3O6. The number of hydrogen-bond donors (Lipinski definition) is 2. The molecule has 37 heavy (non-hydrogen) atoms. The number of rotatable bonds is 7. The van der Waals surface area contributed by atoms with E-state index in [4.69, 9.17) is 13.9 Å². The summed E-state index contributed by atoms with van der Waals surface area (Å²) in [6, 6.07) is 8.36. The lowest BCUT2D eigenvalue weighted by Crippen LogP contribution is -2.55. The molecule has 4 rings (SSSR count). The highest BCUT2D eigenvalue weighted by atomic mass is 16.5. The Morgan fingerprint density at radius 2 is 1.78 bits per heavy atom. The molecule has 2 fully saturated rings. The Labute approximate surface area is 217 Å². The van der Waals surface area contributed by atoms with Gasteiger partial charge in [0.25, 0.3) is 5.91 Å². The van der Waals surface area contributed by atoms with E-state index in [0.29, 0.717) is 25.8 Å². The monoisotopic (exact) mass is 511 g/mol. The molecule has 1 aromatic carbocycles. The molecule has 2 N–H and O–H groups in total. The van der Waals surface area contributed by atoms with Crippen LogP contribution in [0.5, 0.6) is 5.75 Å². The lowest BCUT2D eigenvalue weighted by molar-refractivity contribution is -0.151. The molecule has 0 radical (unpaired) electrons. The molecule has 4 atom stereocenters. The van der Waals surface area contributed by atoms with Crippen molar-refractivity contribution in [2.75, 3.05) is 20.8 Å². The largest absolute Gasteiger partial charge is 0.497 e. The number of amides is 2. The van der Waals surface area contributed by atoms with Crippen LogP contribution >= 0.6 is 0 Å². The third kappa shape index (κ3) is 6.15. The van der Waals surface area contributed by atoms with Gasteiger partial charge in [0, 0.05) is 29.7 Å². The second-order valence-electron chi connectivity index (χ2n) is 10.9. The third-order valence-electron chi connectivity index (χ3n) is 7.15. The maximum atomic E-state index is 13.3. The van der Waals surface area contributed by atoms with E-state index in [2.05, 4.69) is 31.4 Å². The van der Waals surface area contributed by atoms with Crippen LogP contribution < -0.4 is 15.4 Å². The summed E-state index contributed by atoms with van der Waals surface area (Å²) in [7, 11) is 2.99. The number of carbonyl (C=O) groups excluding carboxylic acids is 3. The van der Waals surface area contributed by atoms with E-state index in [-0.39, 0.29) is 35.3 Å². The molecule has 2 heterocycles. The summed E-state index contributed by atoms with van der Waals surface area (Å²) >= 11 is 0. The van der Waals surface area contributed by atoms with Crippen LogP contribution in [0.2, 0.25) is 0 Å². The Morgan fingerprint density at radius 1 is 1.05 bits per heavy atom. The predicted molar refractivity (Wildman–Crippen MR) is 138 cm³/mol. The number of furan rings is 1. The van der Waals surface area contributed by atoms with Gasteiger partial charge in [-0.05, 0) is 70.2 Å². The van der Waals surface area contributed by atoms with Crippen LogP contribution in [0.4, 0.5) is 0 Å². The molecule has 1 aliphatic carbocycles. The van der Waals surface area contributed by atoms with E-state index >= 15 is 0 Å². The molecule has 2 aromatic rings. The van der Waals surface area contributed by atoms with Crippen LogP contribution in [0.3, 0.4) is 0 Å². The normalized spacial score (nSPS) is 24.1. The number of benzene rings is 1. The third-order valence-corrected chi connectivity index (χ3v) is 7.15. The number of ether oxygens (including phenoxy) is 2. The number of esters is 1. The van der Waals surface area contributed by atoms with E-state index in [1.807, 2.05) is 24.3 Å². The molecule has 1 saturated carbocycles. The Balaban J connectivity index is 1.40. The summed E-state index contributed by atoms with van der Waals surface area (Å²) in [5, 5.41) is 6.40. The van der Waals surface area contributed by atoms with Crippen LogP contribution in [0.1, 0.15) is 57.0 Å². The summed E-state index contributed by atoms with van der Waals surface area (Å²) < 4.78 is 15.8. The second kappa shape index (κ2) is 11.0. The van der Waals surface area contributed by atoms with Gasteiger partial charge in [-0.2, -0.15) is 0 Å². The first-order chi connectivity index (χ1) is 17.6. The standard InChI is InChI=1S/C28H37N3O6/c1-28(2,3)30-19-8-11-23(21(15-19)27(34)36-5)31-13-12-22(26(31)33)29-25(32)24-14-18(16-37-24)17-6-9-20(35-4)10-7-17/h6-7,9-10,14,16,19,21-23,30H,8,11-13,15H2,1-5H3,(H,29,32)/t19?,21?,22-,23?/m0/s1. The first kappa shape index (κ1) is 26.7. The average molecular weight is 512 g/mol. The van der Waals surface area contributed by atoms with Crippen molar-refractivity contribution in [2.45, 2.75) is 70.1 Å². The Morgan fingerprint density at radius 3 is 2.43 bits per heavy atom. The fourth-order valence-electron chi connectivity index (χ4n) is 5.46. The molecule has 9 nitrogen and oxygen atoms in total. The molecule has 1 aromatic heterocycles. The van der Waals surface area contributed by atoms with Crippen molar-refractivity contribution < 1.29 is 28.3 Å². The van der Waals surface area contributed by atoms with Crippen molar-refractivity contribution in [3.8, 4) is 16.9 Å². The average Bonchev–Trinajstić information content (AvgIpc) is 3.50. The van der Waals surface area contributed by atoms with Crippen LogP contribution in [-0.2, 0) is 14.3 Å². The van der Waals surface area contributed by atoms with E-state index in [1.165, 1.54) is 13.4 Å². The molecule has 200 valence electrons. The maximum Gasteiger partial charge on any atom is 0.310 e. The number of likely N-dealkylation sites (tertiary alicyclic amines) is 1. The maximum absolute atomic E-state index is 13.3. The summed E-state index contributed by atoms with van der Waals surface area (Å²) in [5.74, 6) is -0.443. The minimum absolute atomic E-state index is 0.0733. The molecule has 2 aliphatic rings. The molecule has 0 spiro atoms. The second-order valence-corrected chi connectivity index (χ2v) is 10.9. The summed E-state index contributed by atoms with van der Waals surface area (Å²) in [5.41, 5.74) is 1.57. The zero-order valence-corrected chi connectivity index (χ0v) is 22.2. The Hall–Kier alpha value is -3.33. The summed E-state index contributed by atoms with van der Waals surface area (Å²) in [4.78, 5) is 40.6. The van der Waals surface area contributed by atoms with E-state index < -0.39 is 17.9 Å². The number of methoxy groups -OCH3 is 2. The molecular weight excluding hydrogens is 474 g/mol. The van der Waals surface area contributed by atoms with E-state index in [0.717, 1.165) is 23.3 Å². The highest BCUT2D eigenvalue weighted by Crippen LogP contribution is 2.33. The molecule has 2 amide bonds. The van der Waals surface area contributed by atoms with Crippen molar-refractivity contribution in [3.63, 3.8) is 0 Å². The molecule has 3 unspecified atom stereocenters. The van der Waals surface area contributed by atoms with E-state index in [9.17, 15) is 14.4 Å². The molecule has 9 heteroatoms. The van der Waals surface area contributed by atoms with Crippen LogP contribution in [0.15, 0.2) is 41.0 Å². The summed E-state index contributed by atoms with van der Waals surface area (Å²) in [6.07, 6.45) is 4.16. The lowest BCUT2D eigenvalue weighted by atomic mass is 9.80. The zero-order valence-electron chi connectivity index (χ0n) is 22.2. The van der Waals surface area contributed by atoms with Gasteiger partial charge in [-0.15, -0.1) is 0 Å². The van der Waals surface area contributed by atoms with Gasteiger partial charge in [0.2, 0.25) is 5.91 Å². The quantitative estimate of drug-likeness (QED) is 0.549. The minimum Gasteiger partial charge on any atom is -0.497 e. The topological polar surface area (TPSA) is 110 Å².